The standard InChI is InChI=1S/C13H13ClN2O/c14-9-4-11-12(5-10(9)15)17-13(16-11)8-2-6-1-7(6)3-8/h4-8H,1-3,15H2. The minimum atomic E-state index is 0.506. The predicted octanol–water partition coefficient (Wildman–Crippen LogP) is 3.58. The van der Waals surface area contributed by atoms with Crippen molar-refractivity contribution in [2.45, 2.75) is 25.2 Å². The molecule has 0 amide bonds. The molecule has 4 heteroatoms. The minimum absolute atomic E-state index is 0.506. The average molecular weight is 249 g/mol. The van der Waals surface area contributed by atoms with E-state index in [4.69, 9.17) is 21.8 Å². The van der Waals surface area contributed by atoms with E-state index >= 15 is 0 Å². The van der Waals surface area contributed by atoms with Gasteiger partial charge in [-0.15, -0.1) is 0 Å². The summed E-state index contributed by atoms with van der Waals surface area (Å²) in [4.78, 5) is 4.54. The summed E-state index contributed by atoms with van der Waals surface area (Å²) in [6.07, 6.45) is 3.89. The molecule has 0 saturated heterocycles. The summed E-state index contributed by atoms with van der Waals surface area (Å²) in [5, 5.41) is 0.548. The van der Waals surface area contributed by atoms with Gasteiger partial charge in [0.2, 0.25) is 0 Å². The number of anilines is 1. The Bertz CT molecular complexity index is 558. The van der Waals surface area contributed by atoms with E-state index < -0.39 is 0 Å². The van der Waals surface area contributed by atoms with Crippen LogP contribution >= 0.6 is 11.6 Å². The van der Waals surface area contributed by atoms with Crippen molar-refractivity contribution in [1.82, 2.24) is 4.98 Å². The van der Waals surface area contributed by atoms with E-state index in [-0.39, 0.29) is 0 Å². The van der Waals surface area contributed by atoms with Crippen molar-refractivity contribution < 1.29 is 4.42 Å². The van der Waals surface area contributed by atoms with Crippen molar-refractivity contribution in [3.05, 3.63) is 23.0 Å². The van der Waals surface area contributed by atoms with Gasteiger partial charge in [-0.25, -0.2) is 4.98 Å². The maximum atomic E-state index is 5.98. The molecule has 3 nitrogen and oxygen atoms in total. The zero-order valence-electron chi connectivity index (χ0n) is 9.32. The first kappa shape index (κ1) is 9.77. The number of oxazole rings is 1. The van der Waals surface area contributed by atoms with Gasteiger partial charge >= 0.3 is 0 Å². The minimum Gasteiger partial charge on any atom is -0.440 e. The van der Waals surface area contributed by atoms with Gasteiger partial charge in [0.1, 0.15) is 5.52 Å². The number of aromatic nitrogens is 1. The highest BCUT2D eigenvalue weighted by atomic mass is 35.5. The number of nitrogen functional groups attached to an aromatic ring is 1. The highest BCUT2D eigenvalue weighted by Gasteiger charge is 2.47. The first-order valence-electron chi connectivity index (χ1n) is 6.06. The quantitative estimate of drug-likeness (QED) is 0.785. The molecule has 0 spiro atoms. The third-order valence-electron chi connectivity index (χ3n) is 4.12. The molecule has 1 heterocycles. The predicted molar refractivity (Wildman–Crippen MR) is 67.0 cm³/mol. The van der Waals surface area contributed by atoms with E-state index in [0.29, 0.717) is 16.6 Å². The second-order valence-corrected chi connectivity index (χ2v) is 5.72. The molecule has 2 aromatic rings. The third kappa shape index (κ3) is 1.45. The van der Waals surface area contributed by atoms with Crippen LogP contribution in [0.1, 0.15) is 31.1 Å². The van der Waals surface area contributed by atoms with Gasteiger partial charge in [-0.1, -0.05) is 11.6 Å². The highest BCUT2D eigenvalue weighted by molar-refractivity contribution is 6.33. The van der Waals surface area contributed by atoms with Crippen molar-refractivity contribution in [3.63, 3.8) is 0 Å². The number of nitrogens with two attached hydrogens (primary N) is 1. The molecule has 2 unspecified atom stereocenters. The van der Waals surface area contributed by atoms with E-state index in [1.165, 1.54) is 19.3 Å². The summed E-state index contributed by atoms with van der Waals surface area (Å²) in [7, 11) is 0. The zero-order chi connectivity index (χ0) is 11.6. The Balaban J connectivity index is 1.76. The van der Waals surface area contributed by atoms with Crippen LogP contribution in [-0.2, 0) is 0 Å². The summed E-state index contributed by atoms with van der Waals surface area (Å²) in [5.41, 5.74) is 7.88. The fourth-order valence-corrected chi connectivity index (χ4v) is 3.23. The van der Waals surface area contributed by atoms with Crippen LogP contribution in [-0.4, -0.2) is 4.98 Å². The highest BCUT2D eigenvalue weighted by Crippen LogP contribution is 2.57. The van der Waals surface area contributed by atoms with Crippen molar-refractivity contribution in [2.75, 3.05) is 5.73 Å². The lowest BCUT2D eigenvalue weighted by Gasteiger charge is -2.04. The average Bonchev–Trinajstić information content (AvgIpc) is 2.74. The van der Waals surface area contributed by atoms with Gasteiger partial charge < -0.3 is 10.2 Å². The van der Waals surface area contributed by atoms with Crippen molar-refractivity contribution >= 4 is 28.4 Å². The molecule has 0 aliphatic heterocycles. The van der Waals surface area contributed by atoms with Crippen LogP contribution in [0.15, 0.2) is 16.5 Å². The number of hydrogen-bond donors (Lipinski definition) is 1. The van der Waals surface area contributed by atoms with Gasteiger partial charge in [0.05, 0.1) is 10.7 Å². The Morgan fingerprint density at radius 1 is 1.24 bits per heavy atom. The molecule has 88 valence electrons. The number of rotatable bonds is 1. The topological polar surface area (TPSA) is 52.0 Å². The van der Waals surface area contributed by atoms with Crippen molar-refractivity contribution in [2.24, 2.45) is 11.8 Å². The fourth-order valence-electron chi connectivity index (χ4n) is 3.07. The second-order valence-electron chi connectivity index (χ2n) is 5.32. The largest absolute Gasteiger partial charge is 0.440 e. The van der Waals surface area contributed by atoms with E-state index in [1.807, 2.05) is 0 Å². The Morgan fingerprint density at radius 2 is 2.00 bits per heavy atom. The van der Waals surface area contributed by atoms with Gasteiger partial charge in [-0.2, -0.15) is 0 Å². The summed E-state index contributed by atoms with van der Waals surface area (Å²) in [5.74, 6) is 3.24. The molecule has 1 aromatic heterocycles. The number of nitrogens with zero attached hydrogens (tertiary/aromatic N) is 1. The number of halogens is 1. The van der Waals surface area contributed by atoms with E-state index in [2.05, 4.69) is 4.98 Å². The molecular formula is C13H13ClN2O. The van der Waals surface area contributed by atoms with Crippen molar-refractivity contribution in [1.29, 1.82) is 0 Å². The van der Waals surface area contributed by atoms with E-state index in [9.17, 15) is 0 Å². The second kappa shape index (κ2) is 3.16. The molecule has 1 aromatic carbocycles. The molecule has 2 N–H and O–H groups in total. The van der Waals surface area contributed by atoms with Crippen LogP contribution < -0.4 is 5.73 Å². The number of benzene rings is 1. The lowest BCUT2D eigenvalue weighted by atomic mass is 10.0. The smallest absolute Gasteiger partial charge is 0.198 e. The first-order valence-corrected chi connectivity index (χ1v) is 6.44. The Hall–Kier alpha value is -1.22. The molecule has 0 bridgehead atoms. The van der Waals surface area contributed by atoms with Gasteiger partial charge in [0.15, 0.2) is 11.5 Å². The van der Waals surface area contributed by atoms with Gasteiger partial charge in [0.25, 0.3) is 0 Å². The van der Waals surface area contributed by atoms with E-state index in [0.717, 1.165) is 28.8 Å². The number of fused-ring (bicyclic) bond motifs is 2. The molecule has 2 fully saturated rings. The van der Waals surface area contributed by atoms with Crippen LogP contribution in [0.4, 0.5) is 5.69 Å². The Kier molecular flexibility index (Phi) is 1.82. The Morgan fingerprint density at radius 3 is 2.76 bits per heavy atom. The van der Waals surface area contributed by atoms with Crippen LogP contribution in [0.5, 0.6) is 0 Å². The van der Waals surface area contributed by atoms with Crippen LogP contribution in [0, 0.1) is 11.8 Å². The fraction of sp³-hybridized carbons (Fsp3) is 0.462. The van der Waals surface area contributed by atoms with Crippen LogP contribution in [0.2, 0.25) is 5.02 Å². The van der Waals surface area contributed by atoms with Gasteiger partial charge in [0, 0.05) is 12.0 Å². The summed E-state index contributed by atoms with van der Waals surface area (Å²) >= 11 is 5.98. The molecule has 2 atom stereocenters. The van der Waals surface area contributed by atoms with Gasteiger partial charge in [-0.3, -0.25) is 0 Å². The third-order valence-corrected chi connectivity index (χ3v) is 4.44. The van der Waals surface area contributed by atoms with E-state index in [1.54, 1.807) is 12.1 Å². The maximum Gasteiger partial charge on any atom is 0.198 e. The molecule has 4 rings (SSSR count). The number of hydrogen-bond acceptors (Lipinski definition) is 3. The Labute approximate surface area is 104 Å². The lowest BCUT2D eigenvalue weighted by Crippen LogP contribution is -1.95. The molecule has 2 saturated carbocycles. The first-order chi connectivity index (χ1) is 8.20. The normalized spacial score (nSPS) is 30.8. The molecular weight excluding hydrogens is 236 g/mol. The molecule has 0 radical (unpaired) electrons. The summed E-state index contributed by atoms with van der Waals surface area (Å²) < 4.78 is 5.81. The molecule has 2 aliphatic rings. The zero-order valence-corrected chi connectivity index (χ0v) is 10.1. The maximum absolute atomic E-state index is 5.98. The summed E-state index contributed by atoms with van der Waals surface area (Å²) in [6, 6.07) is 3.55. The summed E-state index contributed by atoms with van der Waals surface area (Å²) in [6.45, 7) is 0. The SMILES string of the molecule is Nc1cc2oc(C3CC4CC4C3)nc2cc1Cl. The van der Waals surface area contributed by atoms with Crippen LogP contribution in [0.3, 0.4) is 0 Å². The van der Waals surface area contributed by atoms with Crippen LogP contribution in [0.25, 0.3) is 11.1 Å². The lowest BCUT2D eigenvalue weighted by molar-refractivity contribution is 0.452. The molecule has 17 heavy (non-hydrogen) atoms. The monoisotopic (exact) mass is 248 g/mol. The molecule has 2 aliphatic carbocycles. The van der Waals surface area contributed by atoms with Gasteiger partial charge in [-0.05, 0) is 37.2 Å². The van der Waals surface area contributed by atoms with Crippen molar-refractivity contribution in [3.8, 4) is 0 Å².